The average molecular weight is 471 g/mol. The minimum Gasteiger partial charge on any atom is -0.311 e. The van der Waals surface area contributed by atoms with E-state index in [-0.39, 0.29) is 5.91 Å². The lowest BCUT2D eigenvalue weighted by atomic mass is 10.0. The second-order valence-electron chi connectivity index (χ2n) is 9.45. The van der Waals surface area contributed by atoms with Crippen LogP contribution in [0.15, 0.2) is 55.1 Å². The Morgan fingerprint density at radius 3 is 2.69 bits per heavy atom. The molecule has 1 fully saturated rings. The van der Waals surface area contributed by atoms with Crippen LogP contribution < -0.4 is 10.2 Å². The number of piperidine rings is 1. The highest BCUT2D eigenvalue weighted by Crippen LogP contribution is 2.26. The molecule has 0 aromatic carbocycles. The summed E-state index contributed by atoms with van der Waals surface area (Å²) < 4.78 is 1.89. The van der Waals surface area contributed by atoms with Crippen LogP contribution in [0.2, 0.25) is 0 Å². The third kappa shape index (κ3) is 4.72. The molecule has 0 aliphatic carbocycles. The number of fused-ring (bicyclic) bond motifs is 1. The van der Waals surface area contributed by atoms with Gasteiger partial charge in [-0.2, -0.15) is 5.10 Å². The van der Waals surface area contributed by atoms with Crippen LogP contribution in [-0.2, 0) is 4.79 Å². The highest BCUT2D eigenvalue weighted by molar-refractivity contribution is 5.94. The topological polar surface area (TPSA) is 91.6 Å². The molecule has 4 aromatic rings. The van der Waals surface area contributed by atoms with Crippen molar-refractivity contribution in [2.24, 2.45) is 0 Å². The number of carbonyl (C=O) groups excluding carboxylic acids is 1. The van der Waals surface area contributed by atoms with E-state index in [4.69, 9.17) is 4.98 Å². The predicted octanol–water partition coefficient (Wildman–Crippen LogP) is 4.11. The predicted molar refractivity (Wildman–Crippen MR) is 137 cm³/mol. The molecule has 1 amide bonds. The quantitative estimate of drug-likeness (QED) is 0.453. The van der Waals surface area contributed by atoms with Crippen LogP contribution in [0.4, 0.5) is 17.5 Å². The van der Waals surface area contributed by atoms with Crippen LogP contribution in [0.3, 0.4) is 0 Å². The van der Waals surface area contributed by atoms with E-state index < -0.39 is 0 Å². The Hall–Kier alpha value is -3.85. The summed E-state index contributed by atoms with van der Waals surface area (Å²) in [6.45, 7) is 5.02. The van der Waals surface area contributed by atoms with E-state index in [0.29, 0.717) is 36.7 Å². The molecule has 0 bridgehead atoms. The van der Waals surface area contributed by atoms with Crippen LogP contribution in [0.25, 0.3) is 16.8 Å². The molecule has 1 atom stereocenters. The van der Waals surface area contributed by atoms with Crippen molar-refractivity contribution in [2.75, 3.05) is 30.9 Å². The number of pyridine rings is 2. The van der Waals surface area contributed by atoms with Crippen LogP contribution in [-0.4, -0.2) is 62.1 Å². The molecule has 0 saturated carbocycles. The van der Waals surface area contributed by atoms with Gasteiger partial charge in [0.2, 0.25) is 11.9 Å². The van der Waals surface area contributed by atoms with Gasteiger partial charge >= 0.3 is 0 Å². The largest absolute Gasteiger partial charge is 0.311 e. The van der Waals surface area contributed by atoms with E-state index in [1.807, 2.05) is 60.2 Å². The van der Waals surface area contributed by atoms with Crippen molar-refractivity contribution < 1.29 is 4.79 Å². The molecule has 1 unspecified atom stereocenters. The Labute approximate surface area is 204 Å². The fourth-order valence-electron chi connectivity index (χ4n) is 4.45. The van der Waals surface area contributed by atoms with E-state index in [0.717, 1.165) is 28.9 Å². The highest BCUT2D eigenvalue weighted by atomic mass is 16.2. The molecule has 0 radical (unpaired) electrons. The Morgan fingerprint density at radius 1 is 1.11 bits per heavy atom. The van der Waals surface area contributed by atoms with Gasteiger partial charge in [0.25, 0.3) is 0 Å². The van der Waals surface area contributed by atoms with E-state index >= 15 is 0 Å². The zero-order valence-electron chi connectivity index (χ0n) is 20.5. The van der Waals surface area contributed by atoms with Crippen LogP contribution >= 0.6 is 0 Å². The van der Waals surface area contributed by atoms with Crippen LogP contribution in [0, 0.1) is 0 Å². The second kappa shape index (κ2) is 9.42. The summed E-state index contributed by atoms with van der Waals surface area (Å²) in [6, 6.07) is 10.1. The molecule has 35 heavy (non-hydrogen) atoms. The summed E-state index contributed by atoms with van der Waals surface area (Å²) in [5, 5.41) is 7.62. The maximum atomic E-state index is 12.6. The molecule has 5 rings (SSSR count). The molecule has 180 valence electrons. The number of hydrogen-bond acceptors (Lipinski definition) is 7. The molecule has 1 aliphatic rings. The molecule has 9 nitrogen and oxygen atoms in total. The third-order valence-electron chi connectivity index (χ3n) is 6.55. The van der Waals surface area contributed by atoms with Crippen molar-refractivity contribution in [1.82, 2.24) is 29.5 Å². The minimum absolute atomic E-state index is 0.129. The zero-order chi connectivity index (χ0) is 24.5. The van der Waals surface area contributed by atoms with E-state index in [2.05, 4.69) is 45.2 Å². The lowest BCUT2D eigenvalue weighted by Crippen LogP contribution is -2.45. The van der Waals surface area contributed by atoms with Gasteiger partial charge in [0.15, 0.2) is 0 Å². The molecule has 1 aliphatic heterocycles. The van der Waals surface area contributed by atoms with Gasteiger partial charge in [-0.1, -0.05) is 13.8 Å². The molecular weight excluding hydrogens is 440 g/mol. The van der Waals surface area contributed by atoms with Crippen LogP contribution in [0.5, 0.6) is 0 Å². The lowest BCUT2D eigenvalue weighted by molar-refractivity contribution is -0.120. The Morgan fingerprint density at radius 2 is 1.97 bits per heavy atom. The van der Waals surface area contributed by atoms with Crippen molar-refractivity contribution in [2.45, 2.75) is 38.6 Å². The number of carbonyl (C=O) groups is 1. The summed E-state index contributed by atoms with van der Waals surface area (Å²) in [5.41, 5.74) is 4.89. The number of anilines is 3. The van der Waals surface area contributed by atoms with Gasteiger partial charge in [-0.05, 0) is 56.8 Å². The molecular formula is C26H30N8O. The zero-order valence-corrected chi connectivity index (χ0v) is 20.5. The van der Waals surface area contributed by atoms with E-state index in [1.165, 1.54) is 5.56 Å². The molecule has 0 spiro atoms. The van der Waals surface area contributed by atoms with E-state index in [9.17, 15) is 4.79 Å². The first kappa shape index (κ1) is 22.9. The first-order chi connectivity index (χ1) is 16.9. The summed E-state index contributed by atoms with van der Waals surface area (Å²) in [4.78, 5) is 30.1. The van der Waals surface area contributed by atoms with Gasteiger partial charge in [-0.15, -0.1) is 0 Å². The maximum absolute atomic E-state index is 12.6. The summed E-state index contributed by atoms with van der Waals surface area (Å²) >= 11 is 0. The van der Waals surface area contributed by atoms with Crippen LogP contribution in [0.1, 0.15) is 38.2 Å². The van der Waals surface area contributed by atoms with Gasteiger partial charge in [0.1, 0.15) is 5.82 Å². The minimum atomic E-state index is 0.129. The first-order valence-corrected chi connectivity index (χ1v) is 11.9. The molecule has 4 aromatic heterocycles. The van der Waals surface area contributed by atoms with Gasteiger partial charge in [-0.3, -0.25) is 4.79 Å². The number of aromatic nitrogens is 5. The fraction of sp³-hybridized carbons (Fsp3) is 0.346. The molecule has 5 heterocycles. The molecule has 9 heteroatoms. The van der Waals surface area contributed by atoms with Crippen molar-refractivity contribution in [3.05, 3.63) is 60.7 Å². The smallest absolute Gasteiger partial charge is 0.228 e. The normalized spacial score (nSPS) is 16.5. The number of rotatable bonds is 6. The number of nitrogens with one attached hydrogen (secondary N) is 1. The van der Waals surface area contributed by atoms with Crippen molar-refractivity contribution in [3.8, 4) is 11.3 Å². The average Bonchev–Trinajstić information content (AvgIpc) is 3.28. The maximum Gasteiger partial charge on any atom is 0.228 e. The third-order valence-corrected chi connectivity index (χ3v) is 6.55. The summed E-state index contributed by atoms with van der Waals surface area (Å²) in [7, 11) is 4.04. The number of amides is 1. The Balaban J connectivity index is 1.32. The fourth-order valence-corrected chi connectivity index (χ4v) is 4.45. The number of hydrogen-bond donors (Lipinski definition) is 1. The monoisotopic (exact) mass is 470 g/mol. The van der Waals surface area contributed by atoms with Crippen molar-refractivity contribution in [1.29, 1.82) is 0 Å². The highest BCUT2D eigenvalue weighted by Gasteiger charge is 2.28. The van der Waals surface area contributed by atoms with Gasteiger partial charge < -0.3 is 15.1 Å². The Bertz CT molecular complexity index is 1350. The van der Waals surface area contributed by atoms with Gasteiger partial charge in [0, 0.05) is 42.5 Å². The number of nitrogens with zero attached hydrogens (tertiary/aromatic N) is 7. The van der Waals surface area contributed by atoms with E-state index in [1.54, 1.807) is 12.4 Å². The Kier molecular flexibility index (Phi) is 6.17. The summed E-state index contributed by atoms with van der Waals surface area (Å²) in [5.74, 6) is 1.59. The van der Waals surface area contributed by atoms with Crippen molar-refractivity contribution >= 4 is 28.9 Å². The SMILES string of the molecule is CC(C)c1cnn2ccc(-c3ccnc(Nc4ccc(N5CCC(N(C)C)CC5=O)cn4)n3)cc12. The molecule has 1 saturated heterocycles. The van der Waals surface area contributed by atoms with Crippen molar-refractivity contribution in [3.63, 3.8) is 0 Å². The standard InChI is InChI=1S/C26H30N8O/c1-17(2)21-16-29-34-12-8-18(13-23(21)34)22-7-10-27-26(30-22)31-24-6-5-20(15-28-24)33-11-9-19(32(3)4)14-25(33)35/h5-8,10,12-13,15-17,19H,9,11,14H2,1-4H3,(H,27,28,30,31). The second-order valence-corrected chi connectivity index (χ2v) is 9.45. The first-order valence-electron chi connectivity index (χ1n) is 11.9. The molecule has 1 N–H and O–H groups in total. The summed E-state index contributed by atoms with van der Waals surface area (Å²) in [6.07, 6.45) is 8.80. The van der Waals surface area contributed by atoms with Gasteiger partial charge in [-0.25, -0.2) is 19.5 Å². The van der Waals surface area contributed by atoms with Gasteiger partial charge in [0.05, 0.1) is 29.3 Å². The lowest BCUT2D eigenvalue weighted by Gasteiger charge is -2.34.